The van der Waals surface area contributed by atoms with Crippen molar-refractivity contribution in [3.05, 3.63) is 126 Å². The Morgan fingerprint density at radius 2 is 1.74 bits per heavy atom. The third-order valence-corrected chi connectivity index (χ3v) is 7.98. The molecule has 0 aliphatic carbocycles. The molecule has 10 heteroatoms. The van der Waals surface area contributed by atoms with E-state index in [4.69, 9.17) is 0 Å². The fourth-order valence-electron chi connectivity index (χ4n) is 4.07. The van der Waals surface area contributed by atoms with E-state index >= 15 is 4.39 Å². The number of hydrogen-bond donors (Lipinski definition) is 3. The van der Waals surface area contributed by atoms with Crippen LogP contribution in [0.3, 0.4) is 0 Å². The molecule has 5 aromatic rings. The Morgan fingerprint density at radius 1 is 0.949 bits per heavy atom. The van der Waals surface area contributed by atoms with Crippen molar-refractivity contribution < 1.29 is 14.3 Å². The second-order valence-electron chi connectivity index (χ2n) is 8.43. The molecule has 0 saturated carbocycles. The van der Waals surface area contributed by atoms with E-state index in [0.29, 0.717) is 10.9 Å². The summed E-state index contributed by atoms with van der Waals surface area (Å²) < 4.78 is 16.2. The minimum atomic E-state index is -0.695. The number of nitrogens with one attached hydrogen (secondary N) is 2. The third-order valence-electron chi connectivity index (χ3n) is 5.93. The highest BCUT2D eigenvalue weighted by Gasteiger charge is 2.22. The number of amides is 1. The monoisotopic (exact) mass is 557 g/mol. The lowest BCUT2D eigenvalue weighted by molar-refractivity contribution is 0.0942. The molecule has 0 aliphatic rings. The first-order chi connectivity index (χ1) is 19.1. The number of hydrogen-bond acceptors (Lipinski definition) is 8. The van der Waals surface area contributed by atoms with Crippen LogP contribution in [0.1, 0.15) is 33.1 Å². The molecule has 39 heavy (non-hydrogen) atoms. The first kappa shape index (κ1) is 26.5. The molecule has 3 N–H and O–H groups in total. The Labute approximate surface area is 233 Å². The lowest BCUT2D eigenvalue weighted by atomic mass is 9.88. The fourth-order valence-corrected chi connectivity index (χ4v) is 5.94. The average molecular weight is 558 g/mol. The Hall–Kier alpha value is -4.12. The third kappa shape index (κ3) is 6.48. The molecular weight excluding hydrogens is 533 g/mol. The van der Waals surface area contributed by atoms with Crippen LogP contribution < -0.4 is 10.6 Å². The number of aliphatic hydroxyl groups excluding tert-OH is 1. The molecule has 0 radical (unpaired) electrons. The lowest BCUT2D eigenvalue weighted by Gasteiger charge is -2.21. The molecule has 2 aromatic carbocycles. The molecular formula is C29H24FN5O2S2. The first-order valence-corrected chi connectivity index (χ1v) is 13.7. The van der Waals surface area contributed by atoms with Crippen molar-refractivity contribution in [2.45, 2.75) is 21.6 Å². The highest BCUT2D eigenvalue weighted by molar-refractivity contribution is 8.01. The number of aromatic nitrogens is 3. The van der Waals surface area contributed by atoms with E-state index in [9.17, 15) is 9.90 Å². The summed E-state index contributed by atoms with van der Waals surface area (Å²) in [6.45, 7) is 0.0787. The number of nitrogens with zero attached hydrogens (tertiary/aromatic N) is 3. The van der Waals surface area contributed by atoms with E-state index in [2.05, 4.69) is 25.6 Å². The van der Waals surface area contributed by atoms with Crippen molar-refractivity contribution in [2.24, 2.45) is 0 Å². The molecule has 3 aromatic heterocycles. The van der Waals surface area contributed by atoms with Gasteiger partial charge in [-0.1, -0.05) is 83.8 Å². The van der Waals surface area contributed by atoms with E-state index in [-0.39, 0.29) is 29.7 Å². The quantitative estimate of drug-likeness (QED) is 0.193. The zero-order valence-corrected chi connectivity index (χ0v) is 22.3. The highest BCUT2D eigenvalue weighted by Crippen LogP contribution is 2.36. The van der Waals surface area contributed by atoms with Crippen LogP contribution in [0.15, 0.2) is 107 Å². The van der Waals surface area contributed by atoms with E-state index in [0.717, 1.165) is 20.9 Å². The number of benzene rings is 2. The molecule has 1 amide bonds. The van der Waals surface area contributed by atoms with Crippen LogP contribution in [0.25, 0.3) is 0 Å². The number of anilines is 2. The van der Waals surface area contributed by atoms with Gasteiger partial charge in [0.25, 0.3) is 5.91 Å². The summed E-state index contributed by atoms with van der Waals surface area (Å²) in [6, 6.07) is 24.3. The number of rotatable bonds is 10. The zero-order chi connectivity index (χ0) is 27.0. The van der Waals surface area contributed by atoms with E-state index in [1.807, 2.05) is 72.8 Å². The van der Waals surface area contributed by atoms with Crippen LogP contribution in [0.2, 0.25) is 0 Å². The zero-order valence-electron chi connectivity index (χ0n) is 20.6. The smallest absolute Gasteiger partial charge is 0.273 e. The summed E-state index contributed by atoms with van der Waals surface area (Å²) in [4.78, 5) is 25.9. The standard InChI is InChI=1S/C29H24FN5O2S2/c30-26-23(38-25-17-34-29(39-25)35-24-12-6-7-14-31-24)13-15-32-27(26)28(37)33-16-22(19-8-2-1-3-9-19)21-11-5-4-10-20(21)18-36/h1-15,17,22,36H,16,18H2,(H,33,37)(H,31,34,35). The van der Waals surface area contributed by atoms with Crippen molar-refractivity contribution in [2.75, 3.05) is 11.9 Å². The van der Waals surface area contributed by atoms with Crippen LogP contribution >= 0.6 is 23.1 Å². The van der Waals surface area contributed by atoms with Gasteiger partial charge in [-0.15, -0.1) is 0 Å². The lowest BCUT2D eigenvalue weighted by Crippen LogP contribution is -2.30. The Kier molecular flexibility index (Phi) is 8.57. The summed E-state index contributed by atoms with van der Waals surface area (Å²) in [5, 5.41) is 16.5. The van der Waals surface area contributed by atoms with E-state index < -0.39 is 11.7 Å². The summed E-state index contributed by atoms with van der Waals surface area (Å²) in [6.07, 6.45) is 4.74. The average Bonchev–Trinajstić information content (AvgIpc) is 3.42. The van der Waals surface area contributed by atoms with Crippen molar-refractivity contribution in [1.82, 2.24) is 20.3 Å². The summed E-state index contributed by atoms with van der Waals surface area (Å²) in [5.74, 6) is -0.881. The number of pyridine rings is 2. The van der Waals surface area contributed by atoms with Crippen LogP contribution in [-0.2, 0) is 6.61 Å². The van der Waals surface area contributed by atoms with Crippen LogP contribution in [0.5, 0.6) is 0 Å². The second kappa shape index (κ2) is 12.6. The number of carbonyl (C=O) groups excluding carboxylic acids is 1. The minimum Gasteiger partial charge on any atom is -0.392 e. The molecule has 0 saturated heterocycles. The van der Waals surface area contributed by atoms with Gasteiger partial charge in [0, 0.05) is 24.9 Å². The topological polar surface area (TPSA) is 100 Å². The minimum absolute atomic E-state index is 0.125. The first-order valence-electron chi connectivity index (χ1n) is 12.1. The van der Waals surface area contributed by atoms with E-state index in [1.54, 1.807) is 12.4 Å². The molecule has 1 atom stereocenters. The molecule has 0 bridgehead atoms. The van der Waals surface area contributed by atoms with Gasteiger partial charge < -0.3 is 15.7 Å². The van der Waals surface area contributed by atoms with E-state index in [1.165, 1.54) is 35.4 Å². The molecule has 1 unspecified atom stereocenters. The van der Waals surface area contributed by atoms with Gasteiger partial charge in [-0.25, -0.2) is 19.3 Å². The predicted molar refractivity (Wildman–Crippen MR) is 151 cm³/mol. The highest BCUT2D eigenvalue weighted by atomic mass is 32.2. The summed E-state index contributed by atoms with van der Waals surface area (Å²) in [7, 11) is 0. The maximum Gasteiger partial charge on any atom is 0.273 e. The van der Waals surface area contributed by atoms with Gasteiger partial charge in [0.2, 0.25) is 0 Å². The number of carbonyl (C=O) groups is 1. The van der Waals surface area contributed by atoms with Crippen molar-refractivity contribution in [3.8, 4) is 0 Å². The van der Waals surface area contributed by atoms with Crippen molar-refractivity contribution in [1.29, 1.82) is 0 Å². The van der Waals surface area contributed by atoms with Gasteiger partial charge in [-0.3, -0.25) is 4.79 Å². The summed E-state index contributed by atoms with van der Waals surface area (Å²) >= 11 is 2.52. The maximum absolute atomic E-state index is 15.4. The normalized spacial score (nSPS) is 11.6. The predicted octanol–water partition coefficient (Wildman–Crippen LogP) is 6.02. The molecule has 0 aliphatic heterocycles. The van der Waals surface area contributed by atoms with Crippen LogP contribution in [0, 0.1) is 5.82 Å². The number of aliphatic hydroxyl groups is 1. The molecule has 196 valence electrons. The largest absolute Gasteiger partial charge is 0.392 e. The van der Waals surface area contributed by atoms with Gasteiger partial charge in [0.15, 0.2) is 16.6 Å². The number of halogens is 1. The van der Waals surface area contributed by atoms with Gasteiger partial charge in [-0.2, -0.15) is 0 Å². The van der Waals surface area contributed by atoms with Gasteiger partial charge >= 0.3 is 0 Å². The van der Waals surface area contributed by atoms with Gasteiger partial charge in [0.05, 0.1) is 21.9 Å². The molecule has 3 heterocycles. The SMILES string of the molecule is O=C(NCC(c1ccccc1)c1ccccc1CO)c1nccc(Sc2cnc(Nc3ccccn3)s2)c1F. The van der Waals surface area contributed by atoms with Crippen LogP contribution in [-0.4, -0.2) is 32.5 Å². The Bertz CT molecular complexity index is 1550. The van der Waals surface area contributed by atoms with Gasteiger partial charge in [0.1, 0.15) is 5.82 Å². The van der Waals surface area contributed by atoms with Crippen molar-refractivity contribution in [3.63, 3.8) is 0 Å². The van der Waals surface area contributed by atoms with Gasteiger partial charge in [-0.05, 0) is 34.9 Å². The summed E-state index contributed by atoms with van der Waals surface area (Å²) in [5.41, 5.74) is 2.35. The number of thiazole rings is 1. The van der Waals surface area contributed by atoms with Crippen LogP contribution in [0.4, 0.5) is 15.3 Å². The molecule has 0 fully saturated rings. The molecule has 5 rings (SSSR count). The molecule has 7 nitrogen and oxygen atoms in total. The molecule has 0 spiro atoms. The van der Waals surface area contributed by atoms with Crippen molar-refractivity contribution >= 4 is 40.0 Å². The Morgan fingerprint density at radius 3 is 2.54 bits per heavy atom. The fraction of sp³-hybridized carbons (Fsp3) is 0.103. The Balaban J connectivity index is 1.31. The second-order valence-corrected chi connectivity index (χ2v) is 10.8. The maximum atomic E-state index is 15.4.